The van der Waals surface area contributed by atoms with Crippen LogP contribution in [0.3, 0.4) is 0 Å². The maximum atomic E-state index is 11.1. The first-order chi connectivity index (χ1) is 8.54. The van der Waals surface area contributed by atoms with Gasteiger partial charge in [-0.3, -0.25) is 0 Å². The van der Waals surface area contributed by atoms with Crippen LogP contribution in [0.15, 0.2) is 12.4 Å². The second-order valence-electron chi connectivity index (χ2n) is 3.63. The zero-order valence-electron chi connectivity index (χ0n) is 9.75. The lowest BCUT2D eigenvalue weighted by atomic mass is 10.2. The van der Waals surface area contributed by atoms with Crippen LogP contribution in [-0.4, -0.2) is 30.8 Å². The van der Waals surface area contributed by atoms with E-state index in [2.05, 4.69) is 15.1 Å². The normalized spacial score (nSPS) is 10.1. The third kappa shape index (κ3) is 1.80. The Labute approximate surface area is 102 Å². The van der Waals surface area contributed by atoms with Gasteiger partial charge in [0, 0.05) is 0 Å². The van der Waals surface area contributed by atoms with Gasteiger partial charge in [-0.1, -0.05) is 0 Å². The molecule has 7 heteroatoms. The van der Waals surface area contributed by atoms with E-state index in [0.717, 1.165) is 0 Å². The minimum Gasteiger partial charge on any atom is -0.478 e. The summed E-state index contributed by atoms with van der Waals surface area (Å²) >= 11 is 0. The highest BCUT2D eigenvalue weighted by Crippen LogP contribution is 2.16. The fourth-order valence-electron chi connectivity index (χ4n) is 1.66. The SMILES string of the molecule is Cc1nn(-c2cnc(C#N)cn2)c(C)c1C(=O)O. The van der Waals surface area contributed by atoms with Gasteiger partial charge in [0.15, 0.2) is 11.5 Å². The van der Waals surface area contributed by atoms with Crippen molar-refractivity contribution in [2.24, 2.45) is 0 Å². The van der Waals surface area contributed by atoms with Crippen LogP contribution >= 0.6 is 0 Å². The highest BCUT2D eigenvalue weighted by Gasteiger charge is 2.19. The van der Waals surface area contributed by atoms with Crippen molar-refractivity contribution in [3.63, 3.8) is 0 Å². The average Bonchev–Trinajstić information content (AvgIpc) is 2.65. The van der Waals surface area contributed by atoms with E-state index in [1.165, 1.54) is 17.1 Å². The number of rotatable bonds is 2. The summed E-state index contributed by atoms with van der Waals surface area (Å²) in [4.78, 5) is 18.9. The fourth-order valence-corrected chi connectivity index (χ4v) is 1.66. The van der Waals surface area contributed by atoms with Crippen LogP contribution in [0, 0.1) is 25.2 Å². The molecule has 0 amide bonds. The zero-order chi connectivity index (χ0) is 13.3. The van der Waals surface area contributed by atoms with Crippen molar-refractivity contribution < 1.29 is 9.90 Å². The van der Waals surface area contributed by atoms with Gasteiger partial charge in [-0.2, -0.15) is 10.4 Å². The Morgan fingerprint density at radius 2 is 2.11 bits per heavy atom. The Hall–Kier alpha value is -2.75. The maximum absolute atomic E-state index is 11.1. The number of aryl methyl sites for hydroxylation is 1. The summed E-state index contributed by atoms with van der Waals surface area (Å²) in [7, 11) is 0. The van der Waals surface area contributed by atoms with E-state index in [1.807, 2.05) is 6.07 Å². The van der Waals surface area contributed by atoms with Crippen molar-refractivity contribution in [3.8, 4) is 11.9 Å². The van der Waals surface area contributed by atoms with Crippen molar-refractivity contribution in [3.05, 3.63) is 35.0 Å². The van der Waals surface area contributed by atoms with Crippen molar-refractivity contribution in [1.82, 2.24) is 19.7 Å². The quantitative estimate of drug-likeness (QED) is 0.838. The molecule has 0 spiro atoms. The van der Waals surface area contributed by atoms with Crippen molar-refractivity contribution in [2.75, 3.05) is 0 Å². The summed E-state index contributed by atoms with van der Waals surface area (Å²) in [6.07, 6.45) is 2.69. The molecule has 2 aromatic rings. The Morgan fingerprint density at radius 1 is 1.39 bits per heavy atom. The van der Waals surface area contributed by atoms with E-state index in [-0.39, 0.29) is 11.3 Å². The van der Waals surface area contributed by atoms with Crippen LogP contribution in [-0.2, 0) is 0 Å². The molecule has 0 aromatic carbocycles. The van der Waals surface area contributed by atoms with Crippen LogP contribution < -0.4 is 0 Å². The minimum atomic E-state index is -1.03. The van der Waals surface area contributed by atoms with E-state index in [1.54, 1.807) is 13.8 Å². The van der Waals surface area contributed by atoms with Gasteiger partial charge in [-0.15, -0.1) is 0 Å². The first-order valence-electron chi connectivity index (χ1n) is 5.06. The summed E-state index contributed by atoms with van der Waals surface area (Å²) in [5.74, 6) is -0.653. The smallest absolute Gasteiger partial charge is 0.339 e. The number of nitrogens with zero attached hydrogens (tertiary/aromatic N) is 5. The summed E-state index contributed by atoms with van der Waals surface area (Å²) in [6.45, 7) is 3.26. The molecule has 0 bridgehead atoms. The van der Waals surface area contributed by atoms with Gasteiger partial charge in [0.05, 0.1) is 23.8 Å². The molecule has 1 N–H and O–H groups in total. The molecule has 0 aliphatic heterocycles. The maximum Gasteiger partial charge on any atom is 0.339 e. The molecule has 7 nitrogen and oxygen atoms in total. The molecule has 0 unspecified atom stereocenters. The molecule has 0 aliphatic rings. The molecule has 2 heterocycles. The Morgan fingerprint density at radius 3 is 2.56 bits per heavy atom. The van der Waals surface area contributed by atoms with Gasteiger partial charge in [0.25, 0.3) is 0 Å². The molecule has 18 heavy (non-hydrogen) atoms. The fraction of sp³-hybridized carbons (Fsp3) is 0.182. The lowest BCUT2D eigenvalue weighted by molar-refractivity contribution is 0.0695. The number of carboxylic acid groups (broad SMARTS) is 1. The van der Waals surface area contributed by atoms with Gasteiger partial charge in [-0.05, 0) is 13.8 Å². The van der Waals surface area contributed by atoms with Gasteiger partial charge in [-0.25, -0.2) is 19.4 Å². The summed E-state index contributed by atoms with van der Waals surface area (Å²) in [5.41, 5.74) is 1.23. The number of nitriles is 1. The largest absolute Gasteiger partial charge is 0.478 e. The highest BCUT2D eigenvalue weighted by molar-refractivity contribution is 5.90. The second kappa shape index (κ2) is 4.25. The third-order valence-corrected chi connectivity index (χ3v) is 2.47. The number of hydrogen-bond donors (Lipinski definition) is 1. The first-order valence-corrected chi connectivity index (χ1v) is 5.06. The number of aromatic carboxylic acids is 1. The van der Waals surface area contributed by atoms with Crippen LogP contribution in [0.2, 0.25) is 0 Å². The second-order valence-corrected chi connectivity index (χ2v) is 3.63. The third-order valence-electron chi connectivity index (χ3n) is 2.47. The Bertz CT molecular complexity index is 651. The van der Waals surface area contributed by atoms with Crippen LogP contribution in [0.5, 0.6) is 0 Å². The Balaban J connectivity index is 2.55. The summed E-state index contributed by atoms with van der Waals surface area (Å²) in [5, 5.41) is 21.8. The first kappa shape index (κ1) is 11.7. The highest BCUT2D eigenvalue weighted by atomic mass is 16.4. The van der Waals surface area contributed by atoms with Gasteiger partial charge in [0.2, 0.25) is 0 Å². The molecular formula is C11H9N5O2. The van der Waals surface area contributed by atoms with Crippen molar-refractivity contribution >= 4 is 5.97 Å². The minimum absolute atomic E-state index is 0.154. The van der Waals surface area contributed by atoms with E-state index in [9.17, 15) is 4.79 Å². The molecule has 0 radical (unpaired) electrons. The predicted octanol–water partition coefficient (Wildman–Crippen LogP) is 0.849. The summed E-state index contributed by atoms with van der Waals surface area (Å²) in [6, 6.07) is 1.86. The number of hydrogen-bond acceptors (Lipinski definition) is 5. The molecular weight excluding hydrogens is 234 g/mol. The number of carbonyl (C=O) groups is 1. The molecule has 0 atom stereocenters. The molecule has 0 aliphatic carbocycles. The standard InChI is InChI=1S/C11H9N5O2/c1-6-10(11(17)18)7(2)16(15-6)9-5-13-8(3-12)4-14-9/h4-5H,1-2H3,(H,17,18). The molecule has 2 rings (SSSR count). The van der Waals surface area contributed by atoms with E-state index in [4.69, 9.17) is 10.4 Å². The Kier molecular flexibility index (Phi) is 2.77. The van der Waals surface area contributed by atoms with E-state index < -0.39 is 5.97 Å². The van der Waals surface area contributed by atoms with Crippen LogP contribution in [0.1, 0.15) is 27.4 Å². The number of carboxylic acids is 1. The van der Waals surface area contributed by atoms with Gasteiger partial charge >= 0.3 is 5.97 Å². The van der Waals surface area contributed by atoms with Crippen LogP contribution in [0.25, 0.3) is 5.82 Å². The van der Waals surface area contributed by atoms with Gasteiger partial charge < -0.3 is 5.11 Å². The van der Waals surface area contributed by atoms with Crippen LogP contribution in [0.4, 0.5) is 0 Å². The monoisotopic (exact) mass is 243 g/mol. The lowest BCUT2D eigenvalue weighted by Gasteiger charge is -2.02. The van der Waals surface area contributed by atoms with Crippen molar-refractivity contribution in [1.29, 1.82) is 5.26 Å². The molecule has 90 valence electrons. The number of aromatic nitrogens is 4. The summed E-state index contributed by atoms with van der Waals surface area (Å²) < 4.78 is 1.40. The molecule has 0 fully saturated rings. The zero-order valence-corrected chi connectivity index (χ0v) is 9.75. The van der Waals surface area contributed by atoms with E-state index >= 15 is 0 Å². The molecule has 2 aromatic heterocycles. The van der Waals surface area contributed by atoms with E-state index in [0.29, 0.717) is 17.2 Å². The topological polar surface area (TPSA) is 105 Å². The van der Waals surface area contributed by atoms with Gasteiger partial charge in [0.1, 0.15) is 11.6 Å². The lowest BCUT2D eigenvalue weighted by Crippen LogP contribution is -2.05. The molecule has 0 saturated carbocycles. The van der Waals surface area contributed by atoms with Crippen molar-refractivity contribution in [2.45, 2.75) is 13.8 Å². The molecule has 0 saturated heterocycles. The predicted molar refractivity (Wildman–Crippen MR) is 60.3 cm³/mol. The average molecular weight is 243 g/mol.